The maximum Gasteiger partial charge on any atom is 0.246 e. The lowest BCUT2D eigenvalue weighted by molar-refractivity contribution is -0.129. The van der Waals surface area contributed by atoms with Gasteiger partial charge in [-0.1, -0.05) is 62.7 Å². The summed E-state index contributed by atoms with van der Waals surface area (Å²) < 4.78 is 5.83. The van der Waals surface area contributed by atoms with Crippen molar-refractivity contribution in [3.05, 3.63) is 65.7 Å². The summed E-state index contributed by atoms with van der Waals surface area (Å²) in [6.45, 7) is 6.83. The Morgan fingerprint density at radius 2 is 1.59 bits per heavy atom. The molecule has 156 valence electrons. The fraction of sp³-hybridized carbons (Fsp3) is 0.417. The Morgan fingerprint density at radius 1 is 0.931 bits per heavy atom. The second-order valence-electron chi connectivity index (χ2n) is 7.46. The molecule has 2 rings (SSSR count). The van der Waals surface area contributed by atoms with Gasteiger partial charge in [0.1, 0.15) is 11.8 Å². The van der Waals surface area contributed by atoms with Crippen LogP contribution in [0.2, 0.25) is 0 Å². The molecule has 29 heavy (non-hydrogen) atoms. The summed E-state index contributed by atoms with van der Waals surface area (Å²) in [7, 11) is 1.56. The molecule has 0 spiro atoms. The summed E-state index contributed by atoms with van der Waals surface area (Å²) in [5.41, 5.74) is 1.62. The van der Waals surface area contributed by atoms with Crippen LogP contribution in [-0.4, -0.2) is 25.5 Å². The average Bonchev–Trinajstić information content (AvgIpc) is 2.76. The van der Waals surface area contributed by atoms with E-state index in [-0.39, 0.29) is 17.7 Å². The molecule has 2 aromatic carbocycles. The van der Waals surface area contributed by atoms with E-state index in [1.807, 2.05) is 61.5 Å². The van der Waals surface area contributed by atoms with Gasteiger partial charge in [-0.3, -0.25) is 9.59 Å². The molecule has 5 nitrogen and oxygen atoms in total. The minimum absolute atomic E-state index is 0.196. The molecule has 5 heteroatoms. The second kappa shape index (κ2) is 11.2. The largest absolute Gasteiger partial charge is 0.493 e. The van der Waals surface area contributed by atoms with Gasteiger partial charge in [0.2, 0.25) is 11.8 Å². The van der Waals surface area contributed by atoms with E-state index in [0.717, 1.165) is 24.2 Å². The van der Waals surface area contributed by atoms with E-state index in [1.165, 1.54) is 0 Å². The number of likely N-dealkylation sites (N-methyl/N-ethyl adjacent to an activating group) is 1. The first-order chi connectivity index (χ1) is 14.0. The third-order valence-corrected chi connectivity index (χ3v) is 5.02. The number of rotatable bonds is 10. The number of hydrogen-bond donors (Lipinski definition) is 2. The Labute approximate surface area is 173 Å². The van der Waals surface area contributed by atoms with Crippen LogP contribution in [0.4, 0.5) is 0 Å². The van der Waals surface area contributed by atoms with Gasteiger partial charge in [0.05, 0.1) is 12.5 Å². The van der Waals surface area contributed by atoms with Crippen LogP contribution in [0.15, 0.2) is 54.6 Å². The van der Waals surface area contributed by atoms with Crippen LogP contribution in [0.25, 0.3) is 0 Å². The van der Waals surface area contributed by atoms with Crippen LogP contribution >= 0.6 is 0 Å². The minimum atomic E-state index is -0.758. The summed E-state index contributed by atoms with van der Waals surface area (Å²) in [5, 5.41) is 5.51. The number of ether oxygens (including phenoxy) is 1. The molecule has 0 saturated carbocycles. The molecular formula is C24H32N2O3. The number of amides is 2. The van der Waals surface area contributed by atoms with E-state index in [4.69, 9.17) is 4.74 Å². The van der Waals surface area contributed by atoms with Crippen LogP contribution in [0.3, 0.4) is 0 Å². The Bertz CT molecular complexity index is 774. The van der Waals surface area contributed by atoms with Crippen molar-refractivity contribution in [1.82, 2.24) is 10.6 Å². The SMILES string of the molecule is CCCC(C)COc1ccc([C@@H](NC(=O)[C@@H](C)c2ccccc2)C(=O)NC)cc1. The Kier molecular flexibility index (Phi) is 8.71. The zero-order chi connectivity index (χ0) is 21.2. The molecule has 0 aliphatic carbocycles. The van der Waals surface area contributed by atoms with Crippen molar-refractivity contribution in [2.24, 2.45) is 5.92 Å². The van der Waals surface area contributed by atoms with Gasteiger partial charge >= 0.3 is 0 Å². The van der Waals surface area contributed by atoms with Crippen LogP contribution in [0, 0.1) is 5.92 Å². The van der Waals surface area contributed by atoms with Gasteiger partial charge < -0.3 is 15.4 Å². The monoisotopic (exact) mass is 396 g/mol. The van der Waals surface area contributed by atoms with Gasteiger partial charge in [0.15, 0.2) is 0 Å². The standard InChI is InChI=1S/C24H32N2O3/c1-5-9-17(2)16-29-21-14-12-20(13-15-21)22(24(28)25-4)26-23(27)18(3)19-10-7-6-8-11-19/h6-8,10-15,17-18,22H,5,9,16H2,1-4H3,(H,25,28)(H,26,27)/t17?,18-,22+/m0/s1. The lowest BCUT2D eigenvalue weighted by Gasteiger charge is -2.21. The molecule has 0 heterocycles. The molecule has 0 saturated heterocycles. The highest BCUT2D eigenvalue weighted by molar-refractivity contribution is 5.91. The summed E-state index contributed by atoms with van der Waals surface area (Å²) in [6.07, 6.45) is 2.26. The van der Waals surface area contributed by atoms with Gasteiger partial charge in [-0.15, -0.1) is 0 Å². The van der Waals surface area contributed by atoms with E-state index >= 15 is 0 Å². The highest BCUT2D eigenvalue weighted by Crippen LogP contribution is 2.21. The Balaban J connectivity index is 2.07. The van der Waals surface area contributed by atoms with Crippen LogP contribution in [-0.2, 0) is 9.59 Å². The predicted octanol–water partition coefficient (Wildman–Crippen LogP) is 4.21. The molecular weight excluding hydrogens is 364 g/mol. The fourth-order valence-electron chi connectivity index (χ4n) is 3.18. The lowest BCUT2D eigenvalue weighted by atomic mass is 9.99. The van der Waals surface area contributed by atoms with Crippen molar-refractivity contribution in [2.45, 2.75) is 45.6 Å². The van der Waals surface area contributed by atoms with Crippen LogP contribution in [0.1, 0.15) is 56.7 Å². The maximum absolute atomic E-state index is 12.7. The number of carbonyl (C=O) groups excluding carboxylic acids is 2. The zero-order valence-corrected chi connectivity index (χ0v) is 17.8. The smallest absolute Gasteiger partial charge is 0.246 e. The molecule has 2 aromatic rings. The normalized spacial score (nSPS) is 13.8. The highest BCUT2D eigenvalue weighted by Gasteiger charge is 2.25. The molecule has 2 N–H and O–H groups in total. The molecule has 0 radical (unpaired) electrons. The number of hydrogen-bond acceptors (Lipinski definition) is 3. The zero-order valence-electron chi connectivity index (χ0n) is 17.8. The van der Waals surface area contributed by atoms with Gasteiger partial charge in [0, 0.05) is 7.05 Å². The van der Waals surface area contributed by atoms with E-state index in [0.29, 0.717) is 18.1 Å². The van der Waals surface area contributed by atoms with Crippen molar-refractivity contribution in [3.8, 4) is 5.75 Å². The van der Waals surface area contributed by atoms with Crippen LogP contribution in [0.5, 0.6) is 5.75 Å². The van der Waals surface area contributed by atoms with E-state index in [9.17, 15) is 9.59 Å². The second-order valence-corrected chi connectivity index (χ2v) is 7.46. The summed E-state index contributed by atoms with van der Waals surface area (Å²) >= 11 is 0. The topological polar surface area (TPSA) is 67.4 Å². The fourth-order valence-corrected chi connectivity index (χ4v) is 3.18. The quantitative estimate of drug-likeness (QED) is 0.632. The summed E-state index contributed by atoms with van der Waals surface area (Å²) in [6, 6.07) is 16.1. The molecule has 0 fully saturated rings. The first-order valence-electron chi connectivity index (χ1n) is 10.3. The van der Waals surface area contributed by atoms with Crippen molar-refractivity contribution in [2.75, 3.05) is 13.7 Å². The number of nitrogens with one attached hydrogen (secondary N) is 2. The van der Waals surface area contributed by atoms with E-state index in [2.05, 4.69) is 24.5 Å². The average molecular weight is 397 g/mol. The van der Waals surface area contributed by atoms with E-state index in [1.54, 1.807) is 7.05 Å². The van der Waals surface area contributed by atoms with Crippen LogP contribution < -0.4 is 15.4 Å². The molecule has 0 aliphatic heterocycles. The van der Waals surface area contributed by atoms with E-state index < -0.39 is 6.04 Å². The highest BCUT2D eigenvalue weighted by atomic mass is 16.5. The molecule has 0 aliphatic rings. The van der Waals surface area contributed by atoms with Crippen molar-refractivity contribution >= 4 is 11.8 Å². The number of benzene rings is 2. The van der Waals surface area contributed by atoms with Gasteiger partial charge in [-0.25, -0.2) is 0 Å². The molecule has 1 unspecified atom stereocenters. The molecule has 2 amide bonds. The Morgan fingerprint density at radius 3 is 2.17 bits per heavy atom. The lowest BCUT2D eigenvalue weighted by Crippen LogP contribution is -2.40. The number of carbonyl (C=O) groups is 2. The first kappa shape index (κ1) is 22.5. The van der Waals surface area contributed by atoms with Gasteiger partial charge in [-0.05, 0) is 42.5 Å². The van der Waals surface area contributed by atoms with Crippen molar-refractivity contribution < 1.29 is 14.3 Å². The molecule has 0 bridgehead atoms. The molecule has 0 aromatic heterocycles. The third-order valence-electron chi connectivity index (χ3n) is 5.02. The third kappa shape index (κ3) is 6.63. The van der Waals surface area contributed by atoms with Crippen molar-refractivity contribution in [3.63, 3.8) is 0 Å². The predicted molar refractivity (Wildman–Crippen MR) is 116 cm³/mol. The van der Waals surface area contributed by atoms with Gasteiger partial charge in [0.25, 0.3) is 0 Å². The summed E-state index contributed by atoms with van der Waals surface area (Å²) in [5.74, 6) is 0.446. The summed E-state index contributed by atoms with van der Waals surface area (Å²) in [4.78, 5) is 25.2. The molecule has 3 atom stereocenters. The van der Waals surface area contributed by atoms with Gasteiger partial charge in [-0.2, -0.15) is 0 Å². The Hall–Kier alpha value is -2.82. The van der Waals surface area contributed by atoms with Crippen molar-refractivity contribution in [1.29, 1.82) is 0 Å². The first-order valence-corrected chi connectivity index (χ1v) is 10.3. The maximum atomic E-state index is 12.7. The minimum Gasteiger partial charge on any atom is -0.493 e.